The van der Waals surface area contributed by atoms with E-state index in [1.54, 1.807) is 0 Å². The van der Waals surface area contributed by atoms with Gasteiger partial charge < -0.3 is 5.32 Å². The molecule has 0 aromatic carbocycles. The predicted molar refractivity (Wildman–Crippen MR) is 73.3 cm³/mol. The van der Waals surface area contributed by atoms with Crippen molar-refractivity contribution in [2.75, 3.05) is 19.6 Å². The lowest BCUT2D eigenvalue weighted by molar-refractivity contribution is 0.188. The Morgan fingerprint density at radius 1 is 1.17 bits per heavy atom. The normalized spacial score (nSPS) is 21.4. The molecule has 1 saturated heterocycles. The summed E-state index contributed by atoms with van der Waals surface area (Å²) in [5, 5.41) is 3.45. The van der Waals surface area contributed by atoms with Gasteiger partial charge in [0, 0.05) is 25.3 Å². The molecule has 18 heavy (non-hydrogen) atoms. The average Bonchev–Trinajstić information content (AvgIpc) is 3.25. The molecule has 98 valence electrons. The Hall–Kier alpha value is -0.930. The summed E-state index contributed by atoms with van der Waals surface area (Å²) in [5.41, 5.74) is 1.22. The lowest BCUT2D eigenvalue weighted by Crippen LogP contribution is -2.37. The topological polar surface area (TPSA) is 28.2 Å². The van der Waals surface area contributed by atoms with Gasteiger partial charge in [0.25, 0.3) is 0 Å². The first-order valence-electron chi connectivity index (χ1n) is 7.26. The fourth-order valence-electron chi connectivity index (χ4n) is 2.88. The molecule has 3 nitrogen and oxygen atoms in total. The molecular formula is C15H23N3. The molecule has 3 rings (SSSR count). The van der Waals surface area contributed by atoms with Crippen LogP contribution in [0.15, 0.2) is 24.4 Å². The quantitative estimate of drug-likeness (QED) is 0.860. The van der Waals surface area contributed by atoms with Crippen LogP contribution in [0.4, 0.5) is 0 Å². The van der Waals surface area contributed by atoms with E-state index in [1.165, 1.54) is 51.0 Å². The molecule has 0 spiro atoms. The maximum atomic E-state index is 4.47. The Morgan fingerprint density at radius 2 is 2.00 bits per heavy atom. The minimum atomic E-state index is 0.835. The van der Waals surface area contributed by atoms with Gasteiger partial charge in [-0.3, -0.25) is 9.88 Å². The van der Waals surface area contributed by atoms with Crippen LogP contribution < -0.4 is 5.32 Å². The van der Waals surface area contributed by atoms with Gasteiger partial charge in [-0.1, -0.05) is 6.07 Å². The molecule has 0 radical (unpaired) electrons. The maximum absolute atomic E-state index is 4.47. The van der Waals surface area contributed by atoms with Crippen LogP contribution in [0, 0.1) is 5.92 Å². The van der Waals surface area contributed by atoms with Crippen molar-refractivity contribution in [3.05, 3.63) is 30.1 Å². The van der Waals surface area contributed by atoms with Gasteiger partial charge in [-0.25, -0.2) is 0 Å². The third kappa shape index (κ3) is 3.30. The van der Waals surface area contributed by atoms with Crippen LogP contribution in [0.1, 0.15) is 31.4 Å². The van der Waals surface area contributed by atoms with Gasteiger partial charge in [0.2, 0.25) is 0 Å². The molecule has 0 atom stereocenters. The fourth-order valence-corrected chi connectivity index (χ4v) is 2.88. The second kappa shape index (κ2) is 5.81. The lowest BCUT2D eigenvalue weighted by Gasteiger charge is -2.30. The summed E-state index contributed by atoms with van der Waals surface area (Å²) in [4.78, 5) is 7.13. The summed E-state index contributed by atoms with van der Waals surface area (Å²) < 4.78 is 0. The second-order valence-corrected chi connectivity index (χ2v) is 5.68. The van der Waals surface area contributed by atoms with Gasteiger partial charge in [-0.2, -0.15) is 0 Å². The highest BCUT2D eigenvalue weighted by molar-refractivity contribution is 5.04. The number of nitrogens with one attached hydrogen (secondary N) is 1. The highest BCUT2D eigenvalue weighted by Crippen LogP contribution is 2.30. The van der Waals surface area contributed by atoms with E-state index in [2.05, 4.69) is 27.3 Å². The van der Waals surface area contributed by atoms with E-state index in [4.69, 9.17) is 0 Å². The first-order valence-corrected chi connectivity index (χ1v) is 7.26. The van der Waals surface area contributed by atoms with Crippen LogP contribution in [0.3, 0.4) is 0 Å². The van der Waals surface area contributed by atoms with E-state index >= 15 is 0 Å². The number of rotatable bonds is 5. The summed E-state index contributed by atoms with van der Waals surface area (Å²) in [6, 6.07) is 7.08. The molecule has 0 amide bonds. The van der Waals surface area contributed by atoms with Gasteiger partial charge in [-0.15, -0.1) is 0 Å². The van der Waals surface area contributed by atoms with Crippen molar-refractivity contribution in [1.82, 2.24) is 15.2 Å². The maximum Gasteiger partial charge on any atom is 0.0544 e. The van der Waals surface area contributed by atoms with Crippen molar-refractivity contribution in [2.45, 2.75) is 38.3 Å². The SMILES string of the molecule is c1ccc(CN(CC2CCNCC2)C2CC2)nc1. The van der Waals surface area contributed by atoms with Crippen molar-refractivity contribution in [3.8, 4) is 0 Å². The third-order valence-electron chi connectivity index (χ3n) is 4.11. The molecule has 2 heterocycles. The Labute approximate surface area is 110 Å². The first-order chi connectivity index (χ1) is 8.92. The van der Waals surface area contributed by atoms with Crippen LogP contribution in [-0.4, -0.2) is 35.6 Å². The highest BCUT2D eigenvalue weighted by Gasteiger charge is 2.31. The van der Waals surface area contributed by atoms with Crippen molar-refractivity contribution < 1.29 is 0 Å². The molecule has 1 N–H and O–H groups in total. The highest BCUT2D eigenvalue weighted by atomic mass is 15.2. The second-order valence-electron chi connectivity index (χ2n) is 5.68. The number of hydrogen-bond donors (Lipinski definition) is 1. The summed E-state index contributed by atoms with van der Waals surface area (Å²) in [6.45, 7) is 4.71. The van der Waals surface area contributed by atoms with Crippen LogP contribution >= 0.6 is 0 Å². The summed E-state index contributed by atoms with van der Waals surface area (Å²) >= 11 is 0. The molecule has 1 aromatic rings. The minimum Gasteiger partial charge on any atom is -0.317 e. The molecule has 1 aliphatic heterocycles. The van der Waals surface area contributed by atoms with E-state index in [0.29, 0.717) is 0 Å². The number of piperidine rings is 1. The van der Waals surface area contributed by atoms with Crippen LogP contribution in [-0.2, 0) is 6.54 Å². The largest absolute Gasteiger partial charge is 0.317 e. The van der Waals surface area contributed by atoms with E-state index in [9.17, 15) is 0 Å². The Kier molecular flexibility index (Phi) is 3.91. The number of hydrogen-bond acceptors (Lipinski definition) is 3. The van der Waals surface area contributed by atoms with Crippen molar-refractivity contribution in [2.24, 2.45) is 5.92 Å². The monoisotopic (exact) mass is 245 g/mol. The van der Waals surface area contributed by atoms with E-state index in [-0.39, 0.29) is 0 Å². The zero-order chi connectivity index (χ0) is 12.2. The Bertz CT molecular complexity index is 355. The van der Waals surface area contributed by atoms with Crippen LogP contribution in [0.2, 0.25) is 0 Å². The molecule has 3 heteroatoms. The molecule has 0 unspecified atom stereocenters. The Balaban J connectivity index is 1.58. The molecule has 1 aliphatic carbocycles. The van der Waals surface area contributed by atoms with Crippen molar-refractivity contribution in [3.63, 3.8) is 0 Å². The van der Waals surface area contributed by atoms with Crippen molar-refractivity contribution in [1.29, 1.82) is 0 Å². The van der Waals surface area contributed by atoms with E-state index in [1.807, 2.05) is 12.3 Å². The molecule has 1 aromatic heterocycles. The standard InChI is InChI=1S/C15H23N3/c1-2-8-17-14(3-1)12-18(15-4-5-15)11-13-6-9-16-10-7-13/h1-3,8,13,15-16H,4-7,9-12H2. The van der Waals surface area contributed by atoms with Gasteiger partial charge in [0.1, 0.15) is 0 Å². The van der Waals surface area contributed by atoms with Gasteiger partial charge >= 0.3 is 0 Å². The Morgan fingerprint density at radius 3 is 2.67 bits per heavy atom. The molecule has 2 aliphatic rings. The predicted octanol–water partition coefficient (Wildman–Crippen LogP) is 2.05. The average molecular weight is 245 g/mol. The summed E-state index contributed by atoms with van der Waals surface area (Å²) in [6.07, 6.45) is 7.36. The summed E-state index contributed by atoms with van der Waals surface area (Å²) in [7, 11) is 0. The van der Waals surface area contributed by atoms with Gasteiger partial charge in [0.15, 0.2) is 0 Å². The first kappa shape index (κ1) is 12.1. The minimum absolute atomic E-state index is 0.835. The molecule has 1 saturated carbocycles. The zero-order valence-corrected chi connectivity index (χ0v) is 11.0. The van der Waals surface area contributed by atoms with Gasteiger partial charge in [0.05, 0.1) is 5.69 Å². The van der Waals surface area contributed by atoms with Gasteiger partial charge in [-0.05, 0) is 56.8 Å². The molecule has 2 fully saturated rings. The zero-order valence-electron chi connectivity index (χ0n) is 11.0. The van der Waals surface area contributed by atoms with E-state index in [0.717, 1.165) is 18.5 Å². The lowest BCUT2D eigenvalue weighted by atomic mass is 9.97. The number of aromatic nitrogens is 1. The van der Waals surface area contributed by atoms with Crippen LogP contribution in [0.5, 0.6) is 0 Å². The fraction of sp³-hybridized carbons (Fsp3) is 0.667. The summed E-state index contributed by atoms with van der Waals surface area (Å²) in [5.74, 6) is 0.885. The number of nitrogens with zero attached hydrogens (tertiary/aromatic N) is 2. The van der Waals surface area contributed by atoms with Crippen molar-refractivity contribution >= 4 is 0 Å². The van der Waals surface area contributed by atoms with E-state index < -0.39 is 0 Å². The number of pyridine rings is 1. The molecular weight excluding hydrogens is 222 g/mol. The molecule has 0 bridgehead atoms. The van der Waals surface area contributed by atoms with Crippen LogP contribution in [0.25, 0.3) is 0 Å². The third-order valence-corrected chi connectivity index (χ3v) is 4.11. The smallest absolute Gasteiger partial charge is 0.0544 e.